The van der Waals surface area contributed by atoms with Gasteiger partial charge in [-0.3, -0.25) is 10.1 Å². The number of nitro groups is 1. The summed E-state index contributed by atoms with van der Waals surface area (Å²) in [5.41, 5.74) is 2.81. The molecule has 0 spiro atoms. The third kappa shape index (κ3) is 4.64. The van der Waals surface area contributed by atoms with E-state index < -0.39 is 10.9 Å². The standard InChI is InChI=1S/C21H16N2O4/c24-21(25)19-9-6-17(7-10-19)15-22-13-11-16(12-14-22)5-8-18-3-1-2-4-20(18)23(26)27/h1-14H,15H2/p+1/b8-5-. The molecule has 0 amide bonds. The molecule has 0 aliphatic rings. The average molecular weight is 361 g/mol. The number of benzene rings is 2. The van der Waals surface area contributed by atoms with Crippen LogP contribution in [0.25, 0.3) is 12.2 Å². The molecule has 0 aliphatic heterocycles. The minimum Gasteiger partial charge on any atom is -0.478 e. The highest BCUT2D eigenvalue weighted by Gasteiger charge is 2.09. The first kappa shape index (κ1) is 18.0. The van der Waals surface area contributed by atoms with Crippen molar-refractivity contribution in [1.82, 2.24) is 0 Å². The number of hydrogen-bond donors (Lipinski definition) is 1. The molecule has 3 aromatic rings. The predicted molar refractivity (Wildman–Crippen MR) is 101 cm³/mol. The summed E-state index contributed by atoms with van der Waals surface area (Å²) in [5.74, 6) is -0.941. The summed E-state index contributed by atoms with van der Waals surface area (Å²) in [6, 6.07) is 17.2. The van der Waals surface area contributed by atoms with Gasteiger partial charge in [-0.05, 0) is 29.8 Å². The Hall–Kier alpha value is -3.80. The minimum atomic E-state index is -0.941. The summed E-state index contributed by atoms with van der Waals surface area (Å²) in [6.07, 6.45) is 7.37. The van der Waals surface area contributed by atoms with Crippen LogP contribution in [0, 0.1) is 10.1 Å². The van der Waals surface area contributed by atoms with Crippen molar-refractivity contribution in [2.45, 2.75) is 6.54 Å². The molecule has 0 radical (unpaired) electrons. The first-order chi connectivity index (χ1) is 13.0. The molecule has 6 nitrogen and oxygen atoms in total. The molecule has 134 valence electrons. The van der Waals surface area contributed by atoms with Crippen LogP contribution in [0.15, 0.2) is 73.1 Å². The largest absolute Gasteiger partial charge is 0.478 e. The summed E-state index contributed by atoms with van der Waals surface area (Å²) >= 11 is 0. The summed E-state index contributed by atoms with van der Waals surface area (Å²) in [4.78, 5) is 21.5. The molecule has 0 saturated carbocycles. The van der Waals surface area contributed by atoms with Crippen molar-refractivity contribution in [1.29, 1.82) is 0 Å². The second-order valence-electron chi connectivity index (χ2n) is 5.96. The van der Waals surface area contributed by atoms with Crippen LogP contribution >= 0.6 is 0 Å². The number of carbonyl (C=O) groups is 1. The van der Waals surface area contributed by atoms with Gasteiger partial charge in [0.2, 0.25) is 0 Å². The monoisotopic (exact) mass is 361 g/mol. The van der Waals surface area contributed by atoms with Gasteiger partial charge in [0, 0.05) is 23.8 Å². The number of nitro benzene ring substituents is 1. The van der Waals surface area contributed by atoms with Crippen LogP contribution in [0.3, 0.4) is 0 Å². The molecule has 1 N–H and O–H groups in total. The quantitative estimate of drug-likeness (QED) is 0.411. The Morgan fingerprint density at radius 2 is 1.67 bits per heavy atom. The first-order valence-corrected chi connectivity index (χ1v) is 8.26. The van der Waals surface area contributed by atoms with Crippen molar-refractivity contribution in [3.63, 3.8) is 0 Å². The fourth-order valence-corrected chi connectivity index (χ4v) is 2.63. The number of para-hydroxylation sites is 1. The third-order valence-electron chi connectivity index (χ3n) is 4.07. The highest BCUT2D eigenvalue weighted by Crippen LogP contribution is 2.20. The van der Waals surface area contributed by atoms with E-state index in [4.69, 9.17) is 5.11 Å². The average Bonchev–Trinajstić information content (AvgIpc) is 2.68. The zero-order valence-electron chi connectivity index (χ0n) is 14.4. The Balaban J connectivity index is 1.70. The molecule has 1 heterocycles. The molecule has 27 heavy (non-hydrogen) atoms. The number of hydrogen-bond acceptors (Lipinski definition) is 3. The van der Waals surface area contributed by atoms with E-state index >= 15 is 0 Å². The van der Waals surface area contributed by atoms with E-state index in [0.717, 1.165) is 11.1 Å². The smallest absolute Gasteiger partial charge is 0.335 e. The molecule has 0 fully saturated rings. The van der Waals surface area contributed by atoms with E-state index in [0.29, 0.717) is 12.1 Å². The molecule has 6 heteroatoms. The van der Waals surface area contributed by atoms with E-state index in [1.807, 2.05) is 35.2 Å². The van der Waals surface area contributed by atoms with Crippen LogP contribution in [0.1, 0.15) is 27.0 Å². The normalized spacial score (nSPS) is 10.8. The number of nitrogens with zero attached hydrogens (tertiary/aromatic N) is 2. The molecule has 0 saturated heterocycles. The second-order valence-corrected chi connectivity index (χ2v) is 5.96. The van der Waals surface area contributed by atoms with Gasteiger partial charge in [-0.2, -0.15) is 0 Å². The van der Waals surface area contributed by atoms with Gasteiger partial charge in [0.05, 0.1) is 16.1 Å². The van der Waals surface area contributed by atoms with Crippen LogP contribution in [-0.2, 0) is 6.54 Å². The van der Waals surface area contributed by atoms with Gasteiger partial charge in [-0.1, -0.05) is 30.3 Å². The van der Waals surface area contributed by atoms with Crippen molar-refractivity contribution in [2.24, 2.45) is 0 Å². The lowest BCUT2D eigenvalue weighted by molar-refractivity contribution is -0.688. The van der Waals surface area contributed by atoms with Gasteiger partial charge in [-0.25, -0.2) is 9.36 Å². The maximum atomic E-state index is 11.0. The fourth-order valence-electron chi connectivity index (χ4n) is 2.63. The number of aromatic carboxylic acids is 1. The number of carboxylic acids is 1. The highest BCUT2D eigenvalue weighted by atomic mass is 16.6. The fraction of sp³-hybridized carbons (Fsp3) is 0.0476. The number of rotatable bonds is 6. The van der Waals surface area contributed by atoms with Crippen molar-refractivity contribution >= 4 is 23.8 Å². The molecule has 0 aliphatic carbocycles. The maximum absolute atomic E-state index is 11.0. The van der Waals surface area contributed by atoms with Gasteiger partial charge in [-0.15, -0.1) is 0 Å². The Morgan fingerprint density at radius 1 is 1.00 bits per heavy atom. The number of pyridine rings is 1. The maximum Gasteiger partial charge on any atom is 0.335 e. The second kappa shape index (κ2) is 8.05. The van der Waals surface area contributed by atoms with E-state index in [9.17, 15) is 14.9 Å². The lowest BCUT2D eigenvalue weighted by atomic mass is 10.1. The van der Waals surface area contributed by atoms with Crippen molar-refractivity contribution in [2.75, 3.05) is 0 Å². The molecule has 3 rings (SSSR count). The van der Waals surface area contributed by atoms with E-state index in [2.05, 4.69) is 0 Å². The molecular formula is C21H17N2O4+. The van der Waals surface area contributed by atoms with Gasteiger partial charge in [0.1, 0.15) is 0 Å². The molecule has 1 aromatic heterocycles. The van der Waals surface area contributed by atoms with Crippen LogP contribution in [0.5, 0.6) is 0 Å². The first-order valence-electron chi connectivity index (χ1n) is 8.26. The van der Waals surface area contributed by atoms with E-state index in [-0.39, 0.29) is 11.3 Å². The molecule has 0 atom stereocenters. The zero-order valence-corrected chi connectivity index (χ0v) is 14.4. The zero-order chi connectivity index (χ0) is 19.2. The SMILES string of the molecule is O=C(O)c1ccc(C[n+]2ccc(/C=C\c3ccccc3[N+](=O)[O-])cc2)cc1. The molecule has 2 aromatic carbocycles. The van der Waals surface area contributed by atoms with Crippen molar-refractivity contribution in [3.05, 3.63) is 105 Å². The van der Waals surface area contributed by atoms with Gasteiger partial charge in [0.15, 0.2) is 18.9 Å². The van der Waals surface area contributed by atoms with Crippen molar-refractivity contribution in [3.8, 4) is 0 Å². The lowest BCUT2D eigenvalue weighted by Crippen LogP contribution is -2.33. The topological polar surface area (TPSA) is 84.3 Å². The Morgan fingerprint density at radius 3 is 2.30 bits per heavy atom. The summed E-state index contributed by atoms with van der Waals surface area (Å²) in [6.45, 7) is 0.619. The highest BCUT2D eigenvalue weighted by molar-refractivity contribution is 5.87. The van der Waals surface area contributed by atoms with Gasteiger partial charge < -0.3 is 5.11 Å². The van der Waals surface area contributed by atoms with E-state index in [1.165, 1.54) is 6.07 Å². The predicted octanol–water partition coefficient (Wildman–Crippen LogP) is 3.80. The Bertz CT molecular complexity index is 993. The number of carboxylic acid groups (broad SMARTS) is 1. The third-order valence-corrected chi connectivity index (χ3v) is 4.07. The summed E-state index contributed by atoms with van der Waals surface area (Å²) < 4.78 is 1.97. The molecule has 0 unspecified atom stereocenters. The van der Waals surface area contributed by atoms with Crippen LogP contribution in [-0.4, -0.2) is 16.0 Å². The Labute approximate surface area is 155 Å². The minimum absolute atomic E-state index is 0.0737. The molecular weight excluding hydrogens is 344 g/mol. The van der Waals surface area contributed by atoms with Gasteiger partial charge >= 0.3 is 5.97 Å². The van der Waals surface area contributed by atoms with Gasteiger partial charge in [0.25, 0.3) is 5.69 Å². The Kier molecular flexibility index (Phi) is 5.37. The summed E-state index contributed by atoms with van der Waals surface area (Å²) in [5, 5.41) is 20.0. The van der Waals surface area contributed by atoms with Crippen molar-refractivity contribution < 1.29 is 19.4 Å². The van der Waals surface area contributed by atoms with Crippen LogP contribution in [0.2, 0.25) is 0 Å². The van der Waals surface area contributed by atoms with E-state index in [1.54, 1.807) is 48.5 Å². The van der Waals surface area contributed by atoms with Crippen LogP contribution < -0.4 is 4.57 Å². The lowest BCUT2D eigenvalue weighted by Gasteiger charge is -2.00. The van der Waals surface area contributed by atoms with Crippen LogP contribution in [0.4, 0.5) is 5.69 Å². The summed E-state index contributed by atoms with van der Waals surface area (Å²) in [7, 11) is 0. The molecule has 0 bridgehead atoms. The number of aromatic nitrogens is 1.